The van der Waals surface area contributed by atoms with E-state index in [-0.39, 0.29) is 29.3 Å². The molecule has 0 amide bonds. The highest BCUT2D eigenvalue weighted by Gasteiger charge is 2.46. The summed E-state index contributed by atoms with van der Waals surface area (Å²) in [5.74, 6) is -0.212. The van der Waals surface area contributed by atoms with E-state index in [0.717, 1.165) is 12.1 Å². The molecule has 46 heavy (non-hydrogen) atoms. The summed E-state index contributed by atoms with van der Waals surface area (Å²) in [5, 5.41) is 0.539. The summed E-state index contributed by atoms with van der Waals surface area (Å²) in [6.45, 7) is 6.07. The summed E-state index contributed by atoms with van der Waals surface area (Å²) in [5.41, 5.74) is 2.49. The molecule has 4 aliphatic rings. The first kappa shape index (κ1) is 29.4. The van der Waals surface area contributed by atoms with Gasteiger partial charge in [-0.1, -0.05) is 17.7 Å². The van der Waals surface area contributed by atoms with E-state index in [1.807, 2.05) is 29.7 Å². The van der Waals surface area contributed by atoms with Gasteiger partial charge in [-0.05, 0) is 42.8 Å². The zero-order chi connectivity index (χ0) is 31.6. The van der Waals surface area contributed by atoms with E-state index in [2.05, 4.69) is 14.8 Å². The van der Waals surface area contributed by atoms with Crippen LogP contribution in [0.4, 0.5) is 10.1 Å². The SMILES string of the molecule is COC(=O)c1cc(F)c2nc(CN3CCN(c4cccc5c4O[C@@](C)(c4ccc(Cl)cn4)O5)[C@@H]4COC[C@@H]43)n(C[C@@H]3CCO3)c2c1. The number of benzene rings is 2. The van der Waals surface area contributed by atoms with Crippen LogP contribution >= 0.6 is 11.6 Å². The molecule has 6 heterocycles. The van der Waals surface area contributed by atoms with Crippen LogP contribution in [0.5, 0.6) is 11.5 Å². The highest BCUT2D eigenvalue weighted by Crippen LogP contribution is 2.50. The van der Waals surface area contributed by atoms with Crippen molar-refractivity contribution < 1.29 is 32.9 Å². The molecule has 8 rings (SSSR count). The van der Waals surface area contributed by atoms with Crippen molar-refractivity contribution in [1.82, 2.24) is 19.4 Å². The van der Waals surface area contributed by atoms with Crippen molar-refractivity contribution in [3.05, 3.63) is 76.6 Å². The maximum atomic E-state index is 15.3. The molecule has 0 N–H and O–H groups in total. The maximum absolute atomic E-state index is 15.3. The lowest BCUT2D eigenvalue weighted by atomic mass is 10.0. The van der Waals surface area contributed by atoms with Gasteiger partial charge in [-0.15, -0.1) is 0 Å². The highest BCUT2D eigenvalue weighted by molar-refractivity contribution is 6.30. The Morgan fingerprint density at radius 2 is 2.00 bits per heavy atom. The van der Waals surface area contributed by atoms with Crippen LogP contribution in [0.15, 0.2) is 48.7 Å². The third-order valence-electron chi connectivity index (χ3n) is 9.41. The number of esters is 1. The molecule has 4 aromatic rings. The van der Waals surface area contributed by atoms with E-state index < -0.39 is 17.6 Å². The molecular formula is C33H33ClFN5O6. The number of nitrogens with zero attached hydrogens (tertiary/aromatic N) is 5. The van der Waals surface area contributed by atoms with Crippen LogP contribution in [-0.4, -0.2) is 83.6 Å². The van der Waals surface area contributed by atoms with Gasteiger partial charge in [0.05, 0.1) is 73.4 Å². The van der Waals surface area contributed by atoms with Gasteiger partial charge < -0.3 is 33.2 Å². The molecule has 3 fully saturated rings. The minimum absolute atomic E-state index is 0.0107. The second-order valence-electron chi connectivity index (χ2n) is 12.2. The largest absolute Gasteiger partial charge is 0.465 e. The second kappa shape index (κ2) is 11.4. The molecule has 2 aromatic carbocycles. The van der Waals surface area contributed by atoms with Gasteiger partial charge in [0.2, 0.25) is 0 Å². The molecule has 0 spiro atoms. The average molecular weight is 650 g/mol. The number of fused-ring (bicyclic) bond motifs is 3. The van der Waals surface area contributed by atoms with Crippen molar-refractivity contribution in [2.24, 2.45) is 0 Å². The first-order valence-electron chi connectivity index (χ1n) is 15.4. The van der Waals surface area contributed by atoms with Crippen molar-refractivity contribution in [1.29, 1.82) is 0 Å². The summed E-state index contributed by atoms with van der Waals surface area (Å²) >= 11 is 6.07. The molecule has 4 aliphatic heterocycles. The molecule has 0 bridgehead atoms. The number of carbonyl (C=O) groups excluding carboxylic acids is 1. The Kier molecular flexibility index (Phi) is 7.28. The Balaban J connectivity index is 1.08. The Hall–Kier alpha value is -3.97. The molecule has 11 nitrogen and oxygen atoms in total. The number of rotatable bonds is 7. The van der Waals surface area contributed by atoms with Crippen molar-refractivity contribution in [2.45, 2.75) is 50.4 Å². The molecule has 3 saturated heterocycles. The fraction of sp³-hybridized carbons (Fsp3) is 0.424. The van der Waals surface area contributed by atoms with Gasteiger partial charge in [0, 0.05) is 32.8 Å². The number of hydrogen-bond donors (Lipinski definition) is 0. The molecule has 4 atom stereocenters. The van der Waals surface area contributed by atoms with Gasteiger partial charge in [-0.25, -0.2) is 14.2 Å². The van der Waals surface area contributed by atoms with Crippen molar-refractivity contribution >= 4 is 34.3 Å². The lowest BCUT2D eigenvalue weighted by Gasteiger charge is -2.44. The number of ether oxygens (including phenoxy) is 5. The zero-order valence-corrected chi connectivity index (χ0v) is 26.2. The number of hydrogen-bond acceptors (Lipinski definition) is 10. The summed E-state index contributed by atoms with van der Waals surface area (Å²) in [6, 6.07) is 12.4. The molecule has 0 saturated carbocycles. The predicted octanol–water partition coefficient (Wildman–Crippen LogP) is 4.53. The molecule has 240 valence electrons. The highest BCUT2D eigenvalue weighted by atomic mass is 35.5. The second-order valence-corrected chi connectivity index (χ2v) is 12.6. The van der Waals surface area contributed by atoms with E-state index in [1.54, 1.807) is 24.4 Å². The van der Waals surface area contributed by atoms with Crippen LogP contribution in [0.1, 0.15) is 35.2 Å². The third-order valence-corrected chi connectivity index (χ3v) is 9.64. The Morgan fingerprint density at radius 1 is 1.15 bits per heavy atom. The fourth-order valence-electron chi connectivity index (χ4n) is 6.93. The number of halogens is 2. The first-order chi connectivity index (χ1) is 22.3. The van der Waals surface area contributed by atoms with Gasteiger partial charge in [0.15, 0.2) is 17.3 Å². The fourth-order valence-corrected chi connectivity index (χ4v) is 7.04. The van der Waals surface area contributed by atoms with Gasteiger partial charge in [0.25, 0.3) is 5.79 Å². The topological polar surface area (TPSA) is 100 Å². The number of methoxy groups -OCH3 is 1. The number of piperazine rings is 1. The van der Waals surface area contributed by atoms with Crippen molar-refractivity contribution in [3.63, 3.8) is 0 Å². The van der Waals surface area contributed by atoms with E-state index in [0.29, 0.717) is 79.6 Å². The maximum Gasteiger partial charge on any atom is 0.338 e. The molecular weight excluding hydrogens is 617 g/mol. The molecule has 0 unspecified atom stereocenters. The predicted molar refractivity (Wildman–Crippen MR) is 166 cm³/mol. The smallest absolute Gasteiger partial charge is 0.338 e. The normalized spacial score (nSPS) is 25.5. The Labute approximate surface area is 269 Å². The molecule has 13 heteroatoms. The van der Waals surface area contributed by atoms with Gasteiger partial charge in [-0.2, -0.15) is 0 Å². The Bertz CT molecular complexity index is 1820. The van der Waals surface area contributed by atoms with Crippen LogP contribution in [0.2, 0.25) is 5.02 Å². The Morgan fingerprint density at radius 3 is 2.76 bits per heavy atom. The molecule has 2 aromatic heterocycles. The minimum atomic E-state index is -1.09. The summed E-state index contributed by atoms with van der Waals surface area (Å²) < 4.78 is 46.8. The van der Waals surface area contributed by atoms with Gasteiger partial charge in [-0.3, -0.25) is 9.88 Å². The average Bonchev–Trinajstić information content (AvgIpc) is 3.75. The lowest BCUT2D eigenvalue weighted by Crippen LogP contribution is -2.59. The number of anilines is 1. The number of carbonyl (C=O) groups is 1. The molecule has 0 aliphatic carbocycles. The number of aromatic nitrogens is 3. The zero-order valence-electron chi connectivity index (χ0n) is 25.4. The summed E-state index contributed by atoms with van der Waals surface area (Å²) in [4.78, 5) is 26.2. The molecule has 0 radical (unpaired) electrons. The third kappa shape index (κ3) is 4.95. The van der Waals surface area contributed by atoms with Crippen LogP contribution in [0, 0.1) is 5.82 Å². The van der Waals surface area contributed by atoms with E-state index in [1.165, 1.54) is 13.2 Å². The number of para-hydroxylation sites is 1. The van der Waals surface area contributed by atoms with E-state index >= 15 is 4.39 Å². The minimum Gasteiger partial charge on any atom is -0.465 e. The lowest BCUT2D eigenvalue weighted by molar-refractivity contribution is -0.0716. The van der Waals surface area contributed by atoms with Crippen molar-refractivity contribution in [2.75, 3.05) is 44.9 Å². The van der Waals surface area contributed by atoms with Crippen molar-refractivity contribution in [3.8, 4) is 11.5 Å². The monoisotopic (exact) mass is 649 g/mol. The summed E-state index contributed by atoms with van der Waals surface area (Å²) in [6.07, 6.45) is 2.50. The van der Waals surface area contributed by atoms with Crippen LogP contribution in [0.3, 0.4) is 0 Å². The van der Waals surface area contributed by atoms with Gasteiger partial charge in [0.1, 0.15) is 17.0 Å². The van der Waals surface area contributed by atoms with Crippen LogP contribution in [0.25, 0.3) is 11.0 Å². The standard InChI is InChI=1S/C33H33ClFN5O6/c1-33(28-7-6-20(34)14-36-28)45-27-5-3-4-23(31(27)46-33)39-10-9-38(25-17-43-18-26(25)39)16-29-37-30-22(35)12-19(32(41)42-2)13-24(30)40(29)15-21-8-11-44-21/h3-7,12-14,21,25-26H,8-11,15-18H2,1-2H3/t21-,25-,26+,33-/m0/s1. The number of pyridine rings is 1. The summed E-state index contributed by atoms with van der Waals surface area (Å²) in [7, 11) is 1.29. The first-order valence-corrected chi connectivity index (χ1v) is 15.8. The van der Waals surface area contributed by atoms with Crippen LogP contribution < -0.4 is 14.4 Å². The van der Waals surface area contributed by atoms with E-state index in [4.69, 9.17) is 40.3 Å². The number of imidazole rings is 1. The van der Waals surface area contributed by atoms with Crippen LogP contribution in [-0.2, 0) is 33.1 Å². The van der Waals surface area contributed by atoms with Gasteiger partial charge >= 0.3 is 5.97 Å². The van der Waals surface area contributed by atoms with E-state index in [9.17, 15) is 4.79 Å². The quantitative estimate of drug-likeness (QED) is 0.266.